The van der Waals surface area contributed by atoms with E-state index in [1.807, 2.05) is 76.7 Å². The van der Waals surface area contributed by atoms with E-state index < -0.39 is 5.41 Å². The number of piperazine rings is 1. The quantitative estimate of drug-likeness (QED) is 0.500. The van der Waals surface area contributed by atoms with Gasteiger partial charge in [0.05, 0.1) is 16.9 Å². The summed E-state index contributed by atoms with van der Waals surface area (Å²) in [5, 5.41) is 9.37. The van der Waals surface area contributed by atoms with Crippen molar-refractivity contribution < 1.29 is 9.59 Å². The number of nitrogens with zero attached hydrogens (tertiary/aromatic N) is 5. The first-order valence-corrected chi connectivity index (χ1v) is 12.1. The minimum absolute atomic E-state index is 0.0232. The zero-order valence-electron chi connectivity index (χ0n) is 18.6. The van der Waals surface area contributed by atoms with Gasteiger partial charge in [0.15, 0.2) is 5.16 Å². The van der Waals surface area contributed by atoms with E-state index >= 15 is 0 Å². The molecule has 9 heteroatoms. The number of benzene rings is 2. The summed E-state index contributed by atoms with van der Waals surface area (Å²) in [5.74, 6) is 0.364. The first kappa shape index (κ1) is 23.3. The van der Waals surface area contributed by atoms with Gasteiger partial charge in [-0.2, -0.15) is 0 Å². The van der Waals surface area contributed by atoms with E-state index in [2.05, 4.69) is 10.2 Å². The molecule has 0 bridgehead atoms. The molecule has 7 nitrogen and oxygen atoms in total. The topological polar surface area (TPSA) is 71.3 Å². The summed E-state index contributed by atoms with van der Waals surface area (Å²) < 4.78 is 1.81. The molecule has 3 aromatic rings. The third-order valence-electron chi connectivity index (χ3n) is 5.88. The molecule has 1 saturated heterocycles. The molecule has 33 heavy (non-hydrogen) atoms. The monoisotopic (exact) mass is 483 g/mol. The van der Waals surface area contributed by atoms with E-state index in [-0.39, 0.29) is 17.6 Å². The fourth-order valence-electron chi connectivity index (χ4n) is 3.88. The van der Waals surface area contributed by atoms with Crippen LogP contribution in [-0.4, -0.2) is 68.3 Å². The van der Waals surface area contributed by atoms with Gasteiger partial charge in [0.1, 0.15) is 6.33 Å². The van der Waals surface area contributed by atoms with Crippen molar-refractivity contribution in [2.75, 3.05) is 31.9 Å². The van der Waals surface area contributed by atoms with Gasteiger partial charge in [-0.05, 0) is 37.6 Å². The predicted molar refractivity (Wildman–Crippen MR) is 130 cm³/mol. The molecule has 0 spiro atoms. The summed E-state index contributed by atoms with van der Waals surface area (Å²) in [4.78, 5) is 29.7. The second-order valence-corrected chi connectivity index (χ2v) is 9.80. The third-order valence-corrected chi connectivity index (χ3v) is 7.04. The third kappa shape index (κ3) is 5.23. The molecule has 0 atom stereocenters. The van der Waals surface area contributed by atoms with Gasteiger partial charge in [0, 0.05) is 31.2 Å². The predicted octanol–water partition coefficient (Wildman–Crippen LogP) is 3.66. The molecule has 0 unspecified atom stereocenters. The standard InChI is InChI=1S/C24H26ClN5O2S/c1-24(2,18-7-4-3-5-8-18)22(32)29-13-11-28(12-14-29)21(31)16-33-23-27-26-17-30(23)20-10-6-9-19(25)15-20/h3-10,15,17H,11-14,16H2,1-2H3. The lowest BCUT2D eigenvalue weighted by atomic mass is 9.83. The summed E-state index contributed by atoms with van der Waals surface area (Å²) in [6.45, 7) is 6.02. The van der Waals surface area contributed by atoms with E-state index in [0.717, 1.165) is 11.3 Å². The van der Waals surface area contributed by atoms with E-state index in [4.69, 9.17) is 11.6 Å². The summed E-state index contributed by atoms with van der Waals surface area (Å²) in [5.41, 5.74) is 1.23. The Morgan fingerprint density at radius 1 is 1.00 bits per heavy atom. The number of thioether (sulfide) groups is 1. The van der Waals surface area contributed by atoms with Crippen LogP contribution < -0.4 is 0 Å². The molecule has 1 aromatic heterocycles. The van der Waals surface area contributed by atoms with Crippen LogP contribution in [0.2, 0.25) is 5.02 Å². The van der Waals surface area contributed by atoms with Gasteiger partial charge in [-0.1, -0.05) is 59.8 Å². The summed E-state index contributed by atoms with van der Waals surface area (Å²) in [6.07, 6.45) is 1.61. The molecule has 172 valence electrons. The Bertz CT molecular complexity index is 1130. The van der Waals surface area contributed by atoms with Crippen LogP contribution in [0, 0.1) is 0 Å². The van der Waals surface area contributed by atoms with Gasteiger partial charge in [-0.3, -0.25) is 14.2 Å². The zero-order valence-corrected chi connectivity index (χ0v) is 20.2. The zero-order chi connectivity index (χ0) is 23.4. The SMILES string of the molecule is CC(C)(C(=O)N1CCN(C(=O)CSc2nncn2-c2cccc(Cl)c2)CC1)c1ccccc1. The van der Waals surface area contributed by atoms with Gasteiger partial charge in [0.25, 0.3) is 0 Å². The number of halogens is 1. The second kappa shape index (κ2) is 9.97. The summed E-state index contributed by atoms with van der Waals surface area (Å²) >= 11 is 7.43. The Morgan fingerprint density at radius 3 is 2.39 bits per heavy atom. The molecule has 2 aromatic carbocycles. The molecule has 1 aliphatic heterocycles. The van der Waals surface area contributed by atoms with Crippen molar-refractivity contribution >= 4 is 35.2 Å². The van der Waals surface area contributed by atoms with Crippen LogP contribution in [-0.2, 0) is 15.0 Å². The number of aromatic nitrogens is 3. The van der Waals surface area contributed by atoms with Crippen molar-refractivity contribution in [3.8, 4) is 5.69 Å². The van der Waals surface area contributed by atoms with Gasteiger partial charge in [-0.15, -0.1) is 10.2 Å². The molecule has 2 amide bonds. The number of hydrogen-bond donors (Lipinski definition) is 0. The van der Waals surface area contributed by atoms with Gasteiger partial charge >= 0.3 is 0 Å². The van der Waals surface area contributed by atoms with E-state index in [1.54, 1.807) is 12.4 Å². The maximum absolute atomic E-state index is 13.2. The molecule has 1 fully saturated rings. The van der Waals surface area contributed by atoms with E-state index in [1.165, 1.54) is 11.8 Å². The normalized spacial score (nSPS) is 14.4. The maximum Gasteiger partial charge on any atom is 0.233 e. The number of carbonyl (C=O) groups excluding carboxylic acids is 2. The minimum atomic E-state index is -0.603. The van der Waals surface area contributed by atoms with Crippen LogP contribution in [0.4, 0.5) is 0 Å². The average molecular weight is 484 g/mol. The van der Waals surface area contributed by atoms with Gasteiger partial charge < -0.3 is 9.80 Å². The first-order chi connectivity index (χ1) is 15.9. The van der Waals surface area contributed by atoms with Crippen molar-refractivity contribution in [2.45, 2.75) is 24.4 Å². The first-order valence-electron chi connectivity index (χ1n) is 10.8. The molecule has 4 rings (SSSR count). The Labute approximate surface area is 202 Å². The van der Waals surface area contributed by atoms with E-state index in [9.17, 15) is 9.59 Å². The van der Waals surface area contributed by atoms with Crippen LogP contribution in [0.3, 0.4) is 0 Å². The fourth-order valence-corrected chi connectivity index (χ4v) is 4.89. The number of rotatable bonds is 6. The van der Waals surface area contributed by atoms with Crippen LogP contribution in [0.25, 0.3) is 5.69 Å². The highest BCUT2D eigenvalue weighted by Crippen LogP contribution is 2.26. The smallest absolute Gasteiger partial charge is 0.233 e. The molecule has 2 heterocycles. The second-order valence-electron chi connectivity index (χ2n) is 8.42. The molecule has 1 aliphatic rings. The minimum Gasteiger partial charge on any atom is -0.338 e. The molecular formula is C24H26ClN5O2S. The molecule has 0 aliphatic carbocycles. The largest absolute Gasteiger partial charge is 0.338 e. The van der Waals surface area contributed by atoms with Crippen LogP contribution in [0.5, 0.6) is 0 Å². The van der Waals surface area contributed by atoms with Crippen molar-refractivity contribution in [2.24, 2.45) is 0 Å². The highest BCUT2D eigenvalue weighted by Gasteiger charge is 2.35. The van der Waals surface area contributed by atoms with Crippen LogP contribution in [0.1, 0.15) is 19.4 Å². The molecule has 0 radical (unpaired) electrons. The Kier molecular flexibility index (Phi) is 7.05. The van der Waals surface area contributed by atoms with Crippen molar-refractivity contribution in [1.29, 1.82) is 0 Å². The van der Waals surface area contributed by atoms with E-state index in [0.29, 0.717) is 36.4 Å². The van der Waals surface area contributed by atoms with Crippen molar-refractivity contribution in [3.05, 3.63) is 71.5 Å². The molecular weight excluding hydrogens is 458 g/mol. The van der Waals surface area contributed by atoms with Gasteiger partial charge in [0.2, 0.25) is 11.8 Å². The number of amides is 2. The van der Waals surface area contributed by atoms with Crippen molar-refractivity contribution in [1.82, 2.24) is 24.6 Å². The van der Waals surface area contributed by atoms with Gasteiger partial charge in [-0.25, -0.2) is 0 Å². The number of hydrogen-bond acceptors (Lipinski definition) is 5. The molecule has 0 N–H and O–H groups in total. The highest BCUT2D eigenvalue weighted by molar-refractivity contribution is 7.99. The van der Waals surface area contributed by atoms with Crippen LogP contribution >= 0.6 is 23.4 Å². The lowest BCUT2D eigenvalue weighted by Gasteiger charge is -2.38. The Hall–Kier alpha value is -2.84. The average Bonchev–Trinajstić information content (AvgIpc) is 3.31. The maximum atomic E-state index is 13.2. The van der Waals surface area contributed by atoms with Crippen LogP contribution in [0.15, 0.2) is 66.1 Å². The Balaban J connectivity index is 1.32. The number of carbonyl (C=O) groups is 2. The molecule has 0 saturated carbocycles. The lowest BCUT2D eigenvalue weighted by molar-refractivity contribution is -0.141. The lowest BCUT2D eigenvalue weighted by Crippen LogP contribution is -2.54. The highest BCUT2D eigenvalue weighted by atomic mass is 35.5. The summed E-state index contributed by atoms with van der Waals surface area (Å²) in [6, 6.07) is 17.2. The fraction of sp³-hybridized carbons (Fsp3) is 0.333. The Morgan fingerprint density at radius 2 is 1.70 bits per heavy atom. The summed E-state index contributed by atoms with van der Waals surface area (Å²) in [7, 11) is 0. The van der Waals surface area contributed by atoms with Crippen molar-refractivity contribution in [3.63, 3.8) is 0 Å².